The summed E-state index contributed by atoms with van der Waals surface area (Å²) in [5, 5.41) is 3.62. The Morgan fingerprint density at radius 3 is 2.48 bits per heavy atom. The van der Waals surface area contributed by atoms with Gasteiger partial charge < -0.3 is 10.3 Å². The van der Waals surface area contributed by atoms with Crippen LogP contribution < -0.4 is 5.32 Å². The number of ketones is 1. The molecule has 0 radical (unpaired) electrons. The zero-order valence-corrected chi connectivity index (χ0v) is 14.5. The highest BCUT2D eigenvalue weighted by molar-refractivity contribution is 6.45. The van der Waals surface area contributed by atoms with Crippen molar-refractivity contribution in [2.75, 3.05) is 0 Å². The third-order valence-corrected chi connectivity index (χ3v) is 4.41. The standard InChI is InChI=1S/C21H22N2O2/c1-14(12-13-16-8-4-3-5-9-16)22-21(25)20(24)19-15(2)23-18-11-7-6-10-17(18)19/h3-11,14,23H,12-13H2,1-2H3,(H,22,25)/t14-/m1/s1. The van der Waals surface area contributed by atoms with Crippen LogP contribution in [0.5, 0.6) is 0 Å². The number of para-hydroxylation sites is 1. The highest BCUT2D eigenvalue weighted by atomic mass is 16.2. The normalized spacial score (nSPS) is 12.1. The molecule has 2 N–H and O–H groups in total. The lowest BCUT2D eigenvalue weighted by molar-refractivity contribution is -0.117. The Kier molecular flexibility index (Phi) is 4.98. The summed E-state index contributed by atoms with van der Waals surface area (Å²) in [6, 6.07) is 17.6. The van der Waals surface area contributed by atoms with E-state index < -0.39 is 11.7 Å². The monoisotopic (exact) mass is 334 g/mol. The van der Waals surface area contributed by atoms with Gasteiger partial charge >= 0.3 is 0 Å². The number of carbonyl (C=O) groups excluding carboxylic acids is 2. The van der Waals surface area contributed by atoms with Crippen molar-refractivity contribution in [1.82, 2.24) is 10.3 Å². The molecule has 0 unspecified atom stereocenters. The fourth-order valence-electron chi connectivity index (χ4n) is 3.07. The maximum Gasteiger partial charge on any atom is 0.292 e. The second-order valence-corrected chi connectivity index (χ2v) is 6.40. The fraction of sp³-hybridized carbons (Fsp3) is 0.238. The zero-order chi connectivity index (χ0) is 17.8. The van der Waals surface area contributed by atoms with Gasteiger partial charge in [0, 0.05) is 22.6 Å². The summed E-state index contributed by atoms with van der Waals surface area (Å²) < 4.78 is 0. The minimum atomic E-state index is -0.548. The number of rotatable bonds is 6. The number of aromatic amines is 1. The summed E-state index contributed by atoms with van der Waals surface area (Å²) in [5.41, 5.74) is 3.28. The molecule has 3 aromatic rings. The number of hydrogen-bond acceptors (Lipinski definition) is 2. The third-order valence-electron chi connectivity index (χ3n) is 4.41. The van der Waals surface area contributed by atoms with Crippen molar-refractivity contribution in [3.63, 3.8) is 0 Å². The average Bonchev–Trinajstić information content (AvgIpc) is 2.96. The van der Waals surface area contributed by atoms with Gasteiger partial charge in [0.2, 0.25) is 0 Å². The lowest BCUT2D eigenvalue weighted by atomic mass is 10.0. The van der Waals surface area contributed by atoms with E-state index in [4.69, 9.17) is 0 Å². The minimum absolute atomic E-state index is 0.0674. The van der Waals surface area contributed by atoms with E-state index in [2.05, 4.69) is 22.4 Å². The van der Waals surface area contributed by atoms with E-state index in [-0.39, 0.29) is 6.04 Å². The Morgan fingerprint density at radius 1 is 1.04 bits per heavy atom. The number of fused-ring (bicyclic) bond motifs is 1. The van der Waals surface area contributed by atoms with E-state index >= 15 is 0 Å². The molecule has 128 valence electrons. The summed E-state index contributed by atoms with van der Waals surface area (Å²) in [4.78, 5) is 28.2. The molecular formula is C21H22N2O2. The van der Waals surface area contributed by atoms with Crippen LogP contribution in [0.4, 0.5) is 0 Å². The van der Waals surface area contributed by atoms with Crippen LogP contribution in [0, 0.1) is 6.92 Å². The molecule has 1 aromatic heterocycles. The van der Waals surface area contributed by atoms with Crippen LogP contribution in [0.3, 0.4) is 0 Å². The van der Waals surface area contributed by atoms with Crippen LogP contribution in [0.2, 0.25) is 0 Å². The van der Waals surface area contributed by atoms with Crippen LogP contribution in [-0.2, 0) is 11.2 Å². The highest BCUT2D eigenvalue weighted by Gasteiger charge is 2.23. The minimum Gasteiger partial charge on any atom is -0.358 e. The molecule has 0 aliphatic heterocycles. The Hall–Kier alpha value is -2.88. The number of carbonyl (C=O) groups is 2. The summed E-state index contributed by atoms with van der Waals surface area (Å²) in [6.45, 7) is 3.75. The summed E-state index contributed by atoms with van der Waals surface area (Å²) >= 11 is 0. The van der Waals surface area contributed by atoms with Crippen LogP contribution in [0.1, 0.15) is 35.0 Å². The second kappa shape index (κ2) is 7.34. The molecule has 4 nitrogen and oxygen atoms in total. The van der Waals surface area contributed by atoms with E-state index in [1.54, 1.807) is 0 Å². The largest absolute Gasteiger partial charge is 0.358 e. The average molecular weight is 334 g/mol. The molecule has 0 fully saturated rings. The molecule has 0 saturated carbocycles. The Morgan fingerprint density at radius 2 is 1.72 bits per heavy atom. The maximum atomic E-state index is 12.6. The molecule has 25 heavy (non-hydrogen) atoms. The zero-order valence-electron chi connectivity index (χ0n) is 14.5. The molecule has 4 heteroatoms. The van der Waals surface area contributed by atoms with Crippen LogP contribution in [-0.4, -0.2) is 22.7 Å². The van der Waals surface area contributed by atoms with Crippen molar-refractivity contribution < 1.29 is 9.59 Å². The first-order valence-corrected chi connectivity index (χ1v) is 8.52. The lowest BCUT2D eigenvalue weighted by Crippen LogP contribution is -2.38. The first kappa shape index (κ1) is 17.0. The van der Waals surface area contributed by atoms with E-state index in [1.807, 2.05) is 56.3 Å². The molecule has 0 spiro atoms. The molecule has 1 heterocycles. The van der Waals surface area contributed by atoms with Crippen molar-refractivity contribution in [3.8, 4) is 0 Å². The molecule has 0 aliphatic rings. The SMILES string of the molecule is Cc1[nH]c2ccccc2c1C(=O)C(=O)N[C@H](C)CCc1ccccc1. The molecular weight excluding hydrogens is 312 g/mol. The van der Waals surface area contributed by atoms with Crippen molar-refractivity contribution in [3.05, 3.63) is 71.4 Å². The van der Waals surface area contributed by atoms with Gasteiger partial charge in [-0.25, -0.2) is 0 Å². The summed E-state index contributed by atoms with van der Waals surface area (Å²) in [5.74, 6) is -1.03. The molecule has 2 aromatic carbocycles. The molecule has 3 rings (SSSR count). The van der Waals surface area contributed by atoms with Gasteiger partial charge in [0.15, 0.2) is 0 Å². The Balaban J connectivity index is 1.66. The van der Waals surface area contributed by atoms with Crippen molar-refractivity contribution in [2.24, 2.45) is 0 Å². The number of nitrogens with one attached hydrogen (secondary N) is 2. The van der Waals surface area contributed by atoms with Crippen LogP contribution in [0.15, 0.2) is 54.6 Å². The first-order chi connectivity index (χ1) is 12.1. The van der Waals surface area contributed by atoms with Gasteiger partial charge in [-0.15, -0.1) is 0 Å². The summed E-state index contributed by atoms with van der Waals surface area (Å²) in [7, 11) is 0. The molecule has 0 saturated heterocycles. The van der Waals surface area contributed by atoms with Crippen molar-refractivity contribution in [1.29, 1.82) is 0 Å². The van der Waals surface area contributed by atoms with Gasteiger partial charge in [-0.1, -0.05) is 48.5 Å². The maximum absolute atomic E-state index is 12.6. The number of aryl methyl sites for hydroxylation is 2. The molecule has 1 atom stereocenters. The van der Waals surface area contributed by atoms with Gasteiger partial charge in [0.05, 0.1) is 5.56 Å². The molecule has 0 aliphatic carbocycles. The van der Waals surface area contributed by atoms with E-state index in [0.29, 0.717) is 5.56 Å². The number of aromatic nitrogens is 1. The number of H-pyrrole nitrogens is 1. The van der Waals surface area contributed by atoms with E-state index in [9.17, 15) is 9.59 Å². The van der Waals surface area contributed by atoms with Gasteiger partial charge in [0.25, 0.3) is 11.7 Å². The predicted molar refractivity (Wildman–Crippen MR) is 99.7 cm³/mol. The van der Waals surface area contributed by atoms with E-state index in [0.717, 1.165) is 29.4 Å². The molecule has 0 bridgehead atoms. The topological polar surface area (TPSA) is 62.0 Å². The number of amides is 1. The van der Waals surface area contributed by atoms with Gasteiger partial charge in [0.1, 0.15) is 0 Å². The fourth-order valence-corrected chi connectivity index (χ4v) is 3.07. The second-order valence-electron chi connectivity index (χ2n) is 6.40. The smallest absolute Gasteiger partial charge is 0.292 e. The van der Waals surface area contributed by atoms with Crippen LogP contribution >= 0.6 is 0 Å². The van der Waals surface area contributed by atoms with Gasteiger partial charge in [-0.05, 0) is 38.3 Å². The quantitative estimate of drug-likeness (QED) is 0.532. The van der Waals surface area contributed by atoms with Gasteiger partial charge in [-0.3, -0.25) is 9.59 Å². The van der Waals surface area contributed by atoms with Crippen molar-refractivity contribution in [2.45, 2.75) is 32.7 Å². The number of Topliss-reactive ketones (excluding diaryl/α,β-unsaturated/α-hetero) is 1. The number of benzene rings is 2. The third kappa shape index (κ3) is 3.79. The Bertz CT molecular complexity index is 897. The van der Waals surface area contributed by atoms with Crippen molar-refractivity contribution >= 4 is 22.6 Å². The van der Waals surface area contributed by atoms with E-state index in [1.165, 1.54) is 5.56 Å². The number of hydrogen-bond donors (Lipinski definition) is 2. The highest BCUT2D eigenvalue weighted by Crippen LogP contribution is 2.22. The predicted octanol–water partition coefficient (Wildman–Crippen LogP) is 3.80. The Labute approximate surface area is 147 Å². The summed E-state index contributed by atoms with van der Waals surface area (Å²) in [6.07, 6.45) is 1.65. The lowest BCUT2D eigenvalue weighted by Gasteiger charge is -2.13. The first-order valence-electron chi connectivity index (χ1n) is 8.52. The molecule has 1 amide bonds. The van der Waals surface area contributed by atoms with Crippen LogP contribution in [0.25, 0.3) is 10.9 Å². The van der Waals surface area contributed by atoms with Gasteiger partial charge in [-0.2, -0.15) is 0 Å².